The lowest BCUT2D eigenvalue weighted by Crippen LogP contribution is -2.36. The average Bonchev–Trinajstić information content (AvgIpc) is 3.41. The summed E-state index contributed by atoms with van der Waals surface area (Å²) in [5.74, 6) is 2.29. The van der Waals surface area contributed by atoms with E-state index < -0.39 is 0 Å². The molecule has 0 aliphatic rings. The van der Waals surface area contributed by atoms with Crippen LogP contribution in [0.1, 0.15) is 11.5 Å². The molecule has 0 aliphatic heterocycles. The van der Waals surface area contributed by atoms with E-state index in [1.165, 1.54) is 0 Å². The molecular weight excluding hydrogens is 368 g/mol. The molecule has 2 N–H and O–H groups in total. The Morgan fingerprint density at radius 3 is 2.62 bits per heavy atom. The first-order chi connectivity index (χ1) is 14.3. The van der Waals surface area contributed by atoms with E-state index in [0.717, 1.165) is 28.6 Å². The van der Waals surface area contributed by atoms with Crippen molar-refractivity contribution < 1.29 is 4.74 Å². The van der Waals surface area contributed by atoms with Crippen molar-refractivity contribution in [1.82, 2.24) is 35.0 Å². The van der Waals surface area contributed by atoms with Gasteiger partial charge in [-0.1, -0.05) is 6.07 Å². The lowest BCUT2D eigenvalue weighted by Gasteiger charge is -2.10. The fourth-order valence-electron chi connectivity index (χ4n) is 2.90. The summed E-state index contributed by atoms with van der Waals surface area (Å²) in [6.07, 6.45) is 3.87. The summed E-state index contributed by atoms with van der Waals surface area (Å²) in [7, 11) is 3.38. The minimum atomic E-state index is 0.505. The number of aromatic nitrogens is 5. The standard InChI is InChI=1S/C20H22N8O/c1-21-20(23-14-19-25-24-18-5-3-4-11-27(18)19)22-13-15-10-12-28(26-15)16-6-8-17(29-2)9-7-16/h3-12H,13-14H2,1-2H3,(H2,21,22,23). The van der Waals surface area contributed by atoms with Gasteiger partial charge in [0.2, 0.25) is 0 Å². The van der Waals surface area contributed by atoms with Crippen molar-refractivity contribution in [2.45, 2.75) is 13.1 Å². The van der Waals surface area contributed by atoms with Crippen molar-refractivity contribution in [3.8, 4) is 11.4 Å². The number of hydrogen-bond donors (Lipinski definition) is 2. The quantitative estimate of drug-likeness (QED) is 0.385. The molecule has 0 radical (unpaired) electrons. The van der Waals surface area contributed by atoms with Crippen LogP contribution in [-0.2, 0) is 13.1 Å². The summed E-state index contributed by atoms with van der Waals surface area (Å²) in [6, 6.07) is 15.5. The zero-order valence-electron chi connectivity index (χ0n) is 16.3. The van der Waals surface area contributed by atoms with Crippen LogP contribution in [0, 0.1) is 0 Å². The molecule has 148 valence electrons. The molecule has 9 nitrogen and oxygen atoms in total. The highest BCUT2D eigenvalue weighted by atomic mass is 16.5. The Bertz CT molecular complexity index is 1110. The van der Waals surface area contributed by atoms with Gasteiger partial charge in [0.25, 0.3) is 0 Å². The summed E-state index contributed by atoms with van der Waals surface area (Å²) in [4.78, 5) is 4.26. The SMILES string of the molecule is CN=C(NCc1ccn(-c2ccc(OC)cc2)n1)NCc1nnc2ccccn12. The summed E-state index contributed by atoms with van der Waals surface area (Å²) in [5.41, 5.74) is 2.69. The number of nitrogens with zero attached hydrogens (tertiary/aromatic N) is 6. The number of aliphatic imine (C=N–C) groups is 1. The van der Waals surface area contributed by atoms with E-state index in [9.17, 15) is 0 Å². The molecule has 0 saturated heterocycles. The first kappa shape index (κ1) is 18.5. The number of guanidine groups is 1. The van der Waals surface area contributed by atoms with Gasteiger partial charge in [-0.2, -0.15) is 5.10 Å². The molecule has 0 saturated carbocycles. The van der Waals surface area contributed by atoms with Gasteiger partial charge in [0.15, 0.2) is 17.4 Å². The molecule has 0 aliphatic carbocycles. The van der Waals surface area contributed by atoms with Crippen LogP contribution in [0.15, 0.2) is 65.9 Å². The van der Waals surface area contributed by atoms with Crippen molar-refractivity contribution in [3.63, 3.8) is 0 Å². The average molecular weight is 390 g/mol. The van der Waals surface area contributed by atoms with Crippen LogP contribution in [0.25, 0.3) is 11.3 Å². The highest BCUT2D eigenvalue weighted by Crippen LogP contribution is 2.14. The smallest absolute Gasteiger partial charge is 0.191 e. The maximum absolute atomic E-state index is 5.19. The second-order valence-corrected chi connectivity index (χ2v) is 6.27. The molecule has 0 spiro atoms. The van der Waals surface area contributed by atoms with Gasteiger partial charge >= 0.3 is 0 Å². The molecule has 0 unspecified atom stereocenters. The van der Waals surface area contributed by atoms with Crippen LogP contribution >= 0.6 is 0 Å². The van der Waals surface area contributed by atoms with E-state index in [1.54, 1.807) is 14.2 Å². The summed E-state index contributed by atoms with van der Waals surface area (Å²) < 4.78 is 8.96. The molecular formula is C20H22N8O. The Labute approximate surface area is 168 Å². The highest BCUT2D eigenvalue weighted by molar-refractivity contribution is 5.79. The number of hydrogen-bond acceptors (Lipinski definition) is 5. The molecule has 3 aromatic heterocycles. The first-order valence-corrected chi connectivity index (χ1v) is 9.19. The minimum Gasteiger partial charge on any atom is -0.497 e. The maximum Gasteiger partial charge on any atom is 0.191 e. The number of fused-ring (bicyclic) bond motifs is 1. The molecule has 9 heteroatoms. The fourth-order valence-corrected chi connectivity index (χ4v) is 2.90. The van der Waals surface area contributed by atoms with Gasteiger partial charge in [0, 0.05) is 19.4 Å². The lowest BCUT2D eigenvalue weighted by atomic mass is 10.3. The van der Waals surface area contributed by atoms with Gasteiger partial charge in [0.1, 0.15) is 5.75 Å². The third-order valence-electron chi connectivity index (χ3n) is 4.44. The molecule has 0 bridgehead atoms. The van der Waals surface area contributed by atoms with E-state index in [0.29, 0.717) is 19.0 Å². The van der Waals surface area contributed by atoms with Gasteiger partial charge in [-0.05, 0) is 42.5 Å². The topological polar surface area (TPSA) is 93.7 Å². The van der Waals surface area contributed by atoms with E-state index in [-0.39, 0.29) is 0 Å². The van der Waals surface area contributed by atoms with E-state index in [2.05, 4.69) is 30.9 Å². The van der Waals surface area contributed by atoms with Gasteiger partial charge < -0.3 is 15.4 Å². The summed E-state index contributed by atoms with van der Waals surface area (Å²) >= 11 is 0. The van der Waals surface area contributed by atoms with E-state index in [1.807, 2.05) is 70.0 Å². The molecule has 4 aromatic rings. The summed E-state index contributed by atoms with van der Waals surface area (Å²) in [5, 5.41) is 19.5. The van der Waals surface area contributed by atoms with Crippen molar-refractivity contribution in [1.29, 1.82) is 0 Å². The lowest BCUT2D eigenvalue weighted by molar-refractivity contribution is 0.414. The predicted octanol–water partition coefficient (Wildman–Crippen LogP) is 1.79. The third-order valence-corrected chi connectivity index (χ3v) is 4.44. The fraction of sp³-hybridized carbons (Fsp3) is 0.200. The number of nitrogens with one attached hydrogen (secondary N) is 2. The zero-order chi connectivity index (χ0) is 20.1. The minimum absolute atomic E-state index is 0.505. The Morgan fingerprint density at radius 1 is 1.00 bits per heavy atom. The van der Waals surface area contributed by atoms with Crippen LogP contribution in [0.2, 0.25) is 0 Å². The molecule has 0 atom stereocenters. The molecule has 4 rings (SSSR count). The Hall–Kier alpha value is -3.88. The van der Waals surface area contributed by atoms with Crippen molar-refractivity contribution in [2.24, 2.45) is 4.99 Å². The number of pyridine rings is 1. The van der Waals surface area contributed by atoms with E-state index in [4.69, 9.17) is 4.74 Å². The third kappa shape index (κ3) is 4.18. The Morgan fingerprint density at radius 2 is 1.83 bits per heavy atom. The second kappa shape index (κ2) is 8.42. The highest BCUT2D eigenvalue weighted by Gasteiger charge is 2.07. The second-order valence-electron chi connectivity index (χ2n) is 6.27. The largest absolute Gasteiger partial charge is 0.497 e. The van der Waals surface area contributed by atoms with Gasteiger partial charge in [-0.3, -0.25) is 9.39 Å². The van der Waals surface area contributed by atoms with Crippen molar-refractivity contribution in [2.75, 3.05) is 14.2 Å². The van der Waals surface area contributed by atoms with Gasteiger partial charge in [-0.25, -0.2) is 4.68 Å². The number of rotatable bonds is 6. The molecule has 0 fully saturated rings. The molecule has 0 amide bonds. The molecule has 1 aromatic carbocycles. The number of ether oxygens (including phenoxy) is 1. The summed E-state index contributed by atoms with van der Waals surface area (Å²) in [6.45, 7) is 1.05. The van der Waals surface area contributed by atoms with Crippen LogP contribution < -0.4 is 15.4 Å². The number of methoxy groups -OCH3 is 1. The monoisotopic (exact) mass is 390 g/mol. The van der Waals surface area contributed by atoms with Crippen LogP contribution in [0.4, 0.5) is 0 Å². The molecule has 29 heavy (non-hydrogen) atoms. The van der Waals surface area contributed by atoms with Crippen LogP contribution in [0.3, 0.4) is 0 Å². The van der Waals surface area contributed by atoms with Crippen molar-refractivity contribution >= 4 is 11.6 Å². The first-order valence-electron chi connectivity index (χ1n) is 9.19. The Balaban J connectivity index is 1.34. The predicted molar refractivity (Wildman–Crippen MR) is 110 cm³/mol. The zero-order valence-corrected chi connectivity index (χ0v) is 16.3. The van der Waals surface area contributed by atoms with Crippen molar-refractivity contribution in [3.05, 3.63) is 72.4 Å². The number of benzene rings is 1. The van der Waals surface area contributed by atoms with E-state index >= 15 is 0 Å². The normalized spacial score (nSPS) is 11.6. The Kier molecular flexibility index (Phi) is 5.37. The maximum atomic E-state index is 5.19. The van der Waals surface area contributed by atoms with Gasteiger partial charge in [-0.15, -0.1) is 10.2 Å². The molecule has 3 heterocycles. The van der Waals surface area contributed by atoms with Crippen LogP contribution in [0.5, 0.6) is 5.75 Å². The van der Waals surface area contributed by atoms with Crippen LogP contribution in [-0.4, -0.2) is 44.5 Å². The van der Waals surface area contributed by atoms with Gasteiger partial charge in [0.05, 0.1) is 31.6 Å².